The van der Waals surface area contributed by atoms with Gasteiger partial charge in [0.15, 0.2) is 0 Å². The molecule has 2 rings (SSSR count). The Bertz CT molecular complexity index is 490. The fourth-order valence-electron chi connectivity index (χ4n) is 1.87. The zero-order chi connectivity index (χ0) is 14.7. The number of hydrogen-bond acceptors (Lipinski definition) is 5. The number of nitrogens with one attached hydrogen (secondary N) is 2. The van der Waals surface area contributed by atoms with E-state index in [1.807, 2.05) is 31.1 Å². The predicted octanol–water partition coefficient (Wildman–Crippen LogP) is 2.08. The number of halogens is 1. The molecule has 2 aliphatic heterocycles. The Hall–Kier alpha value is -0.720. The zero-order valence-electron chi connectivity index (χ0n) is 11.4. The van der Waals surface area contributed by atoms with Crippen LogP contribution in [0.4, 0.5) is 0 Å². The first kappa shape index (κ1) is 15.7. The standard InChI is InChI=1S/C13H18ClN3OS2/c1-8(7-19)11(18)16-12-10(14)17(2)13(20-12)9-4-3-5-15-6-9/h3-5,8,13,15,19H,6-7H2,1-2H3,(H,16,18). The first-order chi connectivity index (χ1) is 9.54. The molecule has 2 aliphatic rings. The molecule has 4 nitrogen and oxygen atoms in total. The Morgan fingerprint density at radius 1 is 1.75 bits per heavy atom. The second kappa shape index (κ2) is 6.83. The van der Waals surface area contributed by atoms with Gasteiger partial charge in [-0.15, -0.1) is 0 Å². The van der Waals surface area contributed by atoms with Crippen LogP contribution >= 0.6 is 36.0 Å². The van der Waals surface area contributed by atoms with Gasteiger partial charge in [-0.25, -0.2) is 0 Å². The molecular weight excluding hydrogens is 314 g/mol. The Labute approximate surface area is 134 Å². The molecule has 0 aliphatic carbocycles. The van der Waals surface area contributed by atoms with E-state index in [4.69, 9.17) is 11.6 Å². The largest absolute Gasteiger partial charge is 0.387 e. The summed E-state index contributed by atoms with van der Waals surface area (Å²) in [6, 6.07) is 0. The van der Waals surface area contributed by atoms with E-state index in [1.54, 1.807) is 11.8 Å². The maximum Gasteiger partial charge on any atom is 0.228 e. The zero-order valence-corrected chi connectivity index (χ0v) is 13.9. The van der Waals surface area contributed by atoms with Gasteiger partial charge >= 0.3 is 0 Å². The molecule has 0 radical (unpaired) electrons. The van der Waals surface area contributed by atoms with Crippen LogP contribution in [0.2, 0.25) is 0 Å². The lowest BCUT2D eigenvalue weighted by Gasteiger charge is -2.25. The number of rotatable bonds is 4. The minimum atomic E-state index is -0.140. The monoisotopic (exact) mass is 331 g/mol. The number of thioether (sulfide) groups is 1. The summed E-state index contributed by atoms with van der Waals surface area (Å²) < 4.78 is 0. The molecule has 1 amide bonds. The summed E-state index contributed by atoms with van der Waals surface area (Å²) in [5.74, 6) is 0.324. The van der Waals surface area contributed by atoms with Crippen molar-refractivity contribution in [2.45, 2.75) is 12.3 Å². The van der Waals surface area contributed by atoms with Gasteiger partial charge in [0, 0.05) is 25.3 Å². The van der Waals surface area contributed by atoms with Gasteiger partial charge in [-0.05, 0) is 17.8 Å². The quantitative estimate of drug-likeness (QED) is 0.545. The third-order valence-electron chi connectivity index (χ3n) is 3.18. The smallest absolute Gasteiger partial charge is 0.228 e. The maximum atomic E-state index is 11.9. The van der Waals surface area contributed by atoms with E-state index in [0.29, 0.717) is 15.9 Å². The Kier molecular flexibility index (Phi) is 5.35. The van der Waals surface area contributed by atoms with E-state index in [0.717, 1.165) is 6.54 Å². The van der Waals surface area contributed by atoms with Crippen molar-refractivity contribution < 1.29 is 4.79 Å². The molecule has 0 fully saturated rings. The molecule has 2 unspecified atom stereocenters. The molecule has 20 heavy (non-hydrogen) atoms. The Morgan fingerprint density at radius 2 is 2.50 bits per heavy atom. The van der Waals surface area contributed by atoms with Gasteiger partial charge in [0.2, 0.25) is 5.91 Å². The van der Waals surface area contributed by atoms with E-state index >= 15 is 0 Å². The van der Waals surface area contributed by atoms with Crippen LogP contribution < -0.4 is 10.6 Å². The SMILES string of the molecule is CC(CS)C(=O)NC1=C(Cl)N(C)C(C2=CC=CNC2)S1. The number of hydrogen-bond donors (Lipinski definition) is 3. The number of allylic oxidation sites excluding steroid dienone is 2. The van der Waals surface area contributed by atoms with Crippen molar-refractivity contribution in [3.05, 3.63) is 34.1 Å². The fourth-order valence-corrected chi connectivity index (χ4v) is 3.57. The van der Waals surface area contributed by atoms with E-state index in [1.165, 1.54) is 5.57 Å². The van der Waals surface area contributed by atoms with Crippen LogP contribution in [-0.4, -0.2) is 35.5 Å². The fraction of sp³-hybridized carbons (Fsp3) is 0.462. The van der Waals surface area contributed by atoms with Crippen molar-refractivity contribution in [2.75, 3.05) is 19.3 Å². The molecule has 0 saturated heterocycles. The summed E-state index contributed by atoms with van der Waals surface area (Å²) in [6.45, 7) is 2.63. The average Bonchev–Trinajstić information content (AvgIpc) is 2.75. The molecule has 0 aromatic rings. The van der Waals surface area contributed by atoms with E-state index in [9.17, 15) is 4.79 Å². The molecule has 0 spiro atoms. The normalized spacial score (nSPS) is 23.5. The first-order valence-electron chi connectivity index (χ1n) is 6.34. The van der Waals surface area contributed by atoms with Gasteiger partial charge in [0.25, 0.3) is 0 Å². The highest BCUT2D eigenvalue weighted by Gasteiger charge is 2.33. The lowest BCUT2D eigenvalue weighted by molar-refractivity contribution is -0.122. The molecule has 2 atom stereocenters. The minimum absolute atomic E-state index is 0.0506. The second-order valence-electron chi connectivity index (χ2n) is 4.76. The molecule has 0 aromatic carbocycles. The van der Waals surface area contributed by atoms with E-state index in [2.05, 4.69) is 29.3 Å². The highest BCUT2D eigenvalue weighted by molar-refractivity contribution is 8.04. The summed E-state index contributed by atoms with van der Waals surface area (Å²) in [4.78, 5) is 13.9. The number of thiol groups is 1. The summed E-state index contributed by atoms with van der Waals surface area (Å²) in [5, 5.41) is 7.48. The van der Waals surface area contributed by atoms with E-state index < -0.39 is 0 Å². The Balaban J connectivity index is 2.06. The van der Waals surface area contributed by atoms with Gasteiger partial charge in [-0.2, -0.15) is 12.6 Å². The Morgan fingerprint density at radius 3 is 3.10 bits per heavy atom. The van der Waals surface area contributed by atoms with Gasteiger partial charge in [0.05, 0.1) is 0 Å². The van der Waals surface area contributed by atoms with Crippen LogP contribution in [0.5, 0.6) is 0 Å². The number of amides is 1. The predicted molar refractivity (Wildman–Crippen MR) is 88.4 cm³/mol. The van der Waals surface area contributed by atoms with Gasteiger partial charge in [-0.1, -0.05) is 36.4 Å². The van der Waals surface area contributed by atoms with E-state index in [-0.39, 0.29) is 17.2 Å². The third-order valence-corrected chi connectivity index (χ3v) is 5.67. The van der Waals surface area contributed by atoms with Gasteiger partial charge in [0.1, 0.15) is 15.6 Å². The maximum absolute atomic E-state index is 11.9. The van der Waals surface area contributed by atoms with Crippen LogP contribution in [-0.2, 0) is 4.79 Å². The molecule has 0 saturated carbocycles. The molecule has 2 N–H and O–H groups in total. The number of likely N-dealkylation sites (N-methyl/N-ethyl adjacent to an activating group) is 1. The third kappa shape index (κ3) is 3.30. The van der Waals surface area contributed by atoms with Crippen molar-refractivity contribution in [1.29, 1.82) is 0 Å². The molecule has 0 aromatic heterocycles. The molecule has 7 heteroatoms. The van der Waals surface area contributed by atoms with Crippen LogP contribution in [0.25, 0.3) is 0 Å². The summed E-state index contributed by atoms with van der Waals surface area (Å²) in [5.41, 5.74) is 1.23. The molecule has 0 bridgehead atoms. The number of dihydropyridines is 1. The highest BCUT2D eigenvalue weighted by Crippen LogP contribution is 2.40. The van der Waals surface area contributed by atoms with Crippen LogP contribution in [0.15, 0.2) is 34.1 Å². The van der Waals surface area contributed by atoms with Crippen LogP contribution in [0, 0.1) is 5.92 Å². The van der Waals surface area contributed by atoms with Gasteiger partial charge < -0.3 is 15.5 Å². The van der Waals surface area contributed by atoms with Crippen molar-refractivity contribution in [3.8, 4) is 0 Å². The summed E-state index contributed by atoms with van der Waals surface area (Å²) in [7, 11) is 1.93. The van der Waals surface area contributed by atoms with Gasteiger partial charge in [-0.3, -0.25) is 4.79 Å². The average molecular weight is 332 g/mol. The highest BCUT2D eigenvalue weighted by atomic mass is 35.5. The topological polar surface area (TPSA) is 44.4 Å². The molecule has 2 heterocycles. The van der Waals surface area contributed by atoms with Crippen LogP contribution in [0.3, 0.4) is 0 Å². The number of carbonyl (C=O) groups is 1. The van der Waals surface area contributed by atoms with Crippen molar-refractivity contribution >= 4 is 41.9 Å². The number of carbonyl (C=O) groups excluding carboxylic acids is 1. The minimum Gasteiger partial charge on any atom is -0.387 e. The van der Waals surface area contributed by atoms with Crippen molar-refractivity contribution in [3.63, 3.8) is 0 Å². The lowest BCUT2D eigenvalue weighted by atomic mass is 10.2. The van der Waals surface area contributed by atoms with Crippen molar-refractivity contribution in [2.24, 2.45) is 5.92 Å². The summed E-state index contributed by atoms with van der Waals surface area (Å²) in [6.07, 6.45) is 5.96. The van der Waals surface area contributed by atoms with Crippen LogP contribution in [0.1, 0.15) is 6.92 Å². The number of nitrogens with zero attached hydrogens (tertiary/aromatic N) is 1. The lowest BCUT2D eigenvalue weighted by Crippen LogP contribution is -2.29. The van der Waals surface area contributed by atoms with Crippen molar-refractivity contribution in [1.82, 2.24) is 15.5 Å². The molecule has 110 valence electrons. The molecular formula is C13H18ClN3OS2. The second-order valence-corrected chi connectivity index (χ2v) is 6.57. The first-order valence-corrected chi connectivity index (χ1v) is 8.23. The summed E-state index contributed by atoms with van der Waals surface area (Å²) >= 11 is 12.0.